The summed E-state index contributed by atoms with van der Waals surface area (Å²) in [6, 6.07) is 1.42. The van der Waals surface area contributed by atoms with E-state index in [1.54, 1.807) is 0 Å². The molecule has 0 aliphatic heterocycles. The van der Waals surface area contributed by atoms with Crippen LogP contribution in [0.2, 0.25) is 0 Å². The van der Waals surface area contributed by atoms with Crippen LogP contribution < -0.4 is 161 Å². The summed E-state index contributed by atoms with van der Waals surface area (Å²) in [4.78, 5) is 33.2. The Hall–Kier alpha value is 0.180. The summed E-state index contributed by atoms with van der Waals surface area (Å²) in [5.41, 5.74) is 0. The number of rotatable bonds is 24. The molecule has 0 saturated carbocycles. The van der Waals surface area contributed by atoms with Gasteiger partial charge < -0.3 is 46.2 Å². The standard InChI is InChI=1S/C18H28N14O12S4.4Na/c33-41-43-45-7-3-20-13-26-14(21-4-8-46-44-42-34)32-18(31-13)28-12-19-2-1-11(24-12)25-17-29-15(22-5-9-47(35,36)37)27-16(30-17)23-6-10-48(38,39)40;;;;/h1-2,33-34H,3-10H2,(H,35,36,37)(H,38,39,40)(H6,19,20,21,22,23,24,25,26,27,28,29,30,31,32);;;;/q;4*+1/p-4. The van der Waals surface area contributed by atoms with Gasteiger partial charge in [0, 0.05) is 68.0 Å². The van der Waals surface area contributed by atoms with E-state index >= 15 is 0 Å². The van der Waals surface area contributed by atoms with Crippen molar-refractivity contribution < 1.29 is 173 Å². The third-order valence-corrected chi connectivity index (χ3v) is 7.20. The predicted molar refractivity (Wildman–Crippen MR) is 161 cm³/mol. The summed E-state index contributed by atoms with van der Waals surface area (Å²) in [5, 5.41) is 42.9. The molecule has 266 valence electrons. The molecule has 0 amide bonds. The second-order valence-corrected chi connectivity index (χ2v) is 12.9. The van der Waals surface area contributed by atoms with Crippen molar-refractivity contribution in [1.82, 2.24) is 39.9 Å². The normalized spacial score (nSPS) is 10.7. The molecule has 0 radical (unpaired) electrons. The quantitative estimate of drug-likeness (QED) is 0.0122. The molecule has 0 atom stereocenters. The maximum absolute atomic E-state index is 11.0. The van der Waals surface area contributed by atoms with Crippen molar-refractivity contribution in [3.05, 3.63) is 12.3 Å². The molecular weight excluding hydrogens is 825 g/mol. The van der Waals surface area contributed by atoms with Gasteiger partial charge in [0.05, 0.1) is 31.7 Å². The molecule has 0 aliphatic carbocycles. The molecule has 0 spiro atoms. The van der Waals surface area contributed by atoms with Crippen molar-refractivity contribution >= 4 is 91.8 Å². The molecule has 3 aromatic rings. The molecule has 3 heterocycles. The number of nitrogens with one attached hydrogen (secondary N) is 6. The Bertz CT molecular complexity index is 1600. The van der Waals surface area contributed by atoms with Crippen LogP contribution in [0, 0.1) is 0 Å². The molecule has 3 aromatic heterocycles. The van der Waals surface area contributed by atoms with Gasteiger partial charge in [-0.3, -0.25) is 15.4 Å². The van der Waals surface area contributed by atoms with E-state index in [-0.39, 0.29) is 203 Å². The SMILES string of the molecule is O=S(=O)([O-])CCNc1nc(NCCS(=O)(=O)[O-])nc(Nc2ccnc(Nc3nc(NCCSOO[O-])nc(NCCSOO[O-])n3)n2)n1.[Na+].[Na+].[Na+].[Na+]. The Labute approximate surface area is 393 Å². The Morgan fingerprint density at radius 3 is 1.35 bits per heavy atom. The fourth-order valence-corrected chi connectivity index (χ4v) is 4.26. The van der Waals surface area contributed by atoms with Crippen LogP contribution in [0.4, 0.5) is 47.5 Å². The topological polar surface area (TPSA) is 373 Å². The van der Waals surface area contributed by atoms with Gasteiger partial charge in [-0.1, -0.05) is 0 Å². The molecule has 0 fully saturated rings. The Morgan fingerprint density at radius 1 is 0.558 bits per heavy atom. The monoisotopic (exact) mass is 848 g/mol. The largest absolute Gasteiger partial charge is 1.00 e. The second-order valence-electron chi connectivity index (χ2n) is 8.27. The fourth-order valence-electron chi connectivity index (χ4n) is 2.97. The van der Waals surface area contributed by atoms with Crippen LogP contribution in [0.3, 0.4) is 0 Å². The van der Waals surface area contributed by atoms with E-state index in [0.29, 0.717) is 0 Å². The van der Waals surface area contributed by atoms with Gasteiger partial charge in [-0.2, -0.15) is 43.6 Å². The van der Waals surface area contributed by atoms with Crippen LogP contribution in [-0.2, 0) is 39.0 Å². The van der Waals surface area contributed by atoms with Crippen LogP contribution in [0.25, 0.3) is 0 Å². The Morgan fingerprint density at radius 2 is 0.942 bits per heavy atom. The van der Waals surface area contributed by atoms with Crippen molar-refractivity contribution in [2.75, 3.05) is 81.1 Å². The molecule has 3 rings (SSSR count). The summed E-state index contributed by atoms with van der Waals surface area (Å²) >= 11 is 1.48. The van der Waals surface area contributed by atoms with Crippen molar-refractivity contribution in [3.8, 4) is 0 Å². The molecule has 0 unspecified atom stereocenters. The first-order chi connectivity index (χ1) is 22.9. The minimum absolute atomic E-state index is 0. The summed E-state index contributed by atoms with van der Waals surface area (Å²) in [5.74, 6) is -1.30. The summed E-state index contributed by atoms with van der Waals surface area (Å²) in [6.45, 7) is -0.215. The molecule has 34 heteroatoms. The van der Waals surface area contributed by atoms with Crippen LogP contribution in [0.1, 0.15) is 0 Å². The fraction of sp³-hybridized carbons (Fsp3) is 0.444. The third kappa shape index (κ3) is 24.6. The molecule has 6 N–H and O–H groups in total. The van der Waals surface area contributed by atoms with Crippen molar-refractivity contribution in [2.24, 2.45) is 0 Å². The zero-order chi connectivity index (χ0) is 34.8. The molecule has 0 bridgehead atoms. The van der Waals surface area contributed by atoms with Gasteiger partial charge in [-0.15, -0.1) is 0 Å². The molecule has 0 aromatic carbocycles. The van der Waals surface area contributed by atoms with Gasteiger partial charge in [-0.25, -0.2) is 21.8 Å². The van der Waals surface area contributed by atoms with E-state index in [0.717, 1.165) is 24.1 Å². The minimum Gasteiger partial charge on any atom is -0.748 e. The summed E-state index contributed by atoms with van der Waals surface area (Å²) < 4.78 is 74.1. The number of nitrogens with zero attached hydrogens (tertiary/aromatic N) is 8. The number of hydrogen-bond acceptors (Lipinski definition) is 28. The van der Waals surface area contributed by atoms with Crippen molar-refractivity contribution in [1.29, 1.82) is 0 Å². The van der Waals surface area contributed by atoms with Crippen LogP contribution in [0.5, 0.6) is 0 Å². The average Bonchev–Trinajstić information content (AvgIpc) is 3.00. The van der Waals surface area contributed by atoms with Gasteiger partial charge >= 0.3 is 118 Å². The zero-order valence-electron chi connectivity index (χ0n) is 27.9. The second kappa shape index (κ2) is 29.4. The maximum atomic E-state index is 11.0. The van der Waals surface area contributed by atoms with Crippen molar-refractivity contribution in [3.63, 3.8) is 0 Å². The first kappa shape index (κ1) is 54.3. The van der Waals surface area contributed by atoms with Crippen LogP contribution in [0.15, 0.2) is 12.3 Å². The average molecular weight is 849 g/mol. The Kier molecular flexibility index (Phi) is 30.7. The van der Waals surface area contributed by atoms with Crippen LogP contribution >= 0.6 is 24.1 Å². The number of hydrogen-bond donors (Lipinski definition) is 6. The third-order valence-electron chi connectivity index (χ3n) is 4.75. The smallest absolute Gasteiger partial charge is 0.748 e. The number of anilines is 8. The molecular formula is C18H24N14Na4O12S4. The van der Waals surface area contributed by atoms with E-state index in [9.17, 15) is 36.5 Å². The van der Waals surface area contributed by atoms with Gasteiger partial charge in [-0.05, 0) is 6.07 Å². The van der Waals surface area contributed by atoms with Gasteiger partial charge in [0.15, 0.2) is 0 Å². The van der Waals surface area contributed by atoms with E-state index in [1.165, 1.54) is 12.3 Å². The predicted octanol–water partition coefficient (Wildman–Crippen LogP) is -15.2. The van der Waals surface area contributed by atoms with Gasteiger partial charge in [0.1, 0.15) is 5.82 Å². The van der Waals surface area contributed by atoms with Gasteiger partial charge in [0.2, 0.25) is 41.6 Å². The van der Waals surface area contributed by atoms with Crippen molar-refractivity contribution in [2.45, 2.75) is 0 Å². The van der Waals surface area contributed by atoms with Crippen LogP contribution in [-0.4, -0.2) is 115 Å². The summed E-state index contributed by atoms with van der Waals surface area (Å²) in [7, 11) is -9.10. The first-order valence-electron chi connectivity index (χ1n) is 12.8. The Balaban J connectivity index is 0. The van der Waals surface area contributed by atoms with E-state index < -0.39 is 31.7 Å². The minimum atomic E-state index is -4.55. The van der Waals surface area contributed by atoms with E-state index in [2.05, 4.69) is 90.5 Å². The van der Waals surface area contributed by atoms with E-state index in [1.807, 2.05) is 0 Å². The molecule has 26 nitrogen and oxygen atoms in total. The number of aromatic nitrogens is 8. The van der Waals surface area contributed by atoms with E-state index in [4.69, 9.17) is 0 Å². The molecule has 52 heavy (non-hydrogen) atoms. The first-order valence-corrected chi connectivity index (χ1v) is 17.8. The maximum Gasteiger partial charge on any atom is 1.00 e. The zero-order valence-corrected chi connectivity index (χ0v) is 39.2. The molecule has 0 saturated heterocycles. The molecule has 0 aliphatic rings. The van der Waals surface area contributed by atoms with Gasteiger partial charge in [0.25, 0.3) is 0 Å². The summed E-state index contributed by atoms with van der Waals surface area (Å²) in [6.07, 6.45) is 1.35.